The van der Waals surface area contributed by atoms with Crippen molar-refractivity contribution in [3.8, 4) is 11.5 Å². The lowest BCUT2D eigenvalue weighted by Crippen LogP contribution is -2.48. The number of nitrogens with zero attached hydrogens (tertiary/aromatic N) is 4. The van der Waals surface area contributed by atoms with Gasteiger partial charge in [0, 0.05) is 31.7 Å². The average molecular weight is 487 g/mol. The van der Waals surface area contributed by atoms with Crippen LogP contribution in [0, 0.1) is 5.82 Å². The molecule has 1 aromatic carbocycles. The van der Waals surface area contributed by atoms with Crippen LogP contribution >= 0.6 is 27.3 Å². The van der Waals surface area contributed by atoms with Crippen LogP contribution in [0.5, 0.6) is 0 Å². The summed E-state index contributed by atoms with van der Waals surface area (Å²) in [6.45, 7) is 2.38. The van der Waals surface area contributed by atoms with Gasteiger partial charge >= 0.3 is 0 Å². The number of rotatable bonds is 5. The summed E-state index contributed by atoms with van der Waals surface area (Å²) in [7, 11) is -3.46. The maximum Gasteiger partial charge on any atom is 0.252 e. The fraction of sp³-hybridized carbons (Fsp3) is 0.294. The minimum absolute atomic E-state index is 0.328. The zero-order valence-corrected chi connectivity index (χ0v) is 17.8. The van der Waals surface area contributed by atoms with Crippen LogP contribution in [0.4, 0.5) is 4.39 Å². The lowest BCUT2D eigenvalue weighted by atomic mass is 10.2. The Balaban J connectivity index is 1.37. The Kier molecular flexibility index (Phi) is 5.61. The third-order valence-corrected chi connectivity index (χ3v) is 8.38. The molecule has 0 aliphatic carbocycles. The molecule has 148 valence electrons. The SMILES string of the molecule is O=S(=O)(c1ccc(Br)s1)N1CCN(Cc2nnc(-c3ccc(F)cc3)o2)CC1. The summed E-state index contributed by atoms with van der Waals surface area (Å²) in [6, 6.07) is 9.20. The van der Waals surface area contributed by atoms with Crippen molar-refractivity contribution in [3.05, 3.63) is 51.9 Å². The van der Waals surface area contributed by atoms with E-state index in [4.69, 9.17) is 4.42 Å². The summed E-state index contributed by atoms with van der Waals surface area (Å²) in [5, 5.41) is 8.04. The van der Waals surface area contributed by atoms with E-state index in [2.05, 4.69) is 31.0 Å². The van der Waals surface area contributed by atoms with Crippen LogP contribution < -0.4 is 0 Å². The van der Waals surface area contributed by atoms with E-state index in [1.807, 2.05) is 0 Å². The largest absolute Gasteiger partial charge is 0.419 e. The number of piperazine rings is 1. The highest BCUT2D eigenvalue weighted by Gasteiger charge is 2.30. The van der Waals surface area contributed by atoms with Gasteiger partial charge in [0.2, 0.25) is 11.8 Å². The van der Waals surface area contributed by atoms with Gasteiger partial charge in [-0.2, -0.15) is 4.31 Å². The molecule has 3 heterocycles. The molecule has 0 N–H and O–H groups in total. The molecule has 3 aromatic rings. The zero-order valence-electron chi connectivity index (χ0n) is 14.6. The Labute approximate surface area is 174 Å². The predicted molar refractivity (Wildman–Crippen MR) is 106 cm³/mol. The molecule has 2 aromatic heterocycles. The van der Waals surface area contributed by atoms with Gasteiger partial charge in [0.15, 0.2) is 0 Å². The van der Waals surface area contributed by atoms with Crippen LogP contribution in [0.1, 0.15) is 5.89 Å². The Bertz CT molecular complexity index is 1060. The molecule has 1 saturated heterocycles. The van der Waals surface area contributed by atoms with E-state index in [9.17, 15) is 12.8 Å². The number of hydrogen-bond donors (Lipinski definition) is 0. The lowest BCUT2D eigenvalue weighted by molar-refractivity contribution is 0.169. The van der Waals surface area contributed by atoms with Crippen molar-refractivity contribution in [2.75, 3.05) is 26.2 Å². The van der Waals surface area contributed by atoms with Crippen molar-refractivity contribution < 1.29 is 17.2 Å². The van der Waals surface area contributed by atoms with Gasteiger partial charge < -0.3 is 4.42 Å². The topological polar surface area (TPSA) is 79.5 Å². The van der Waals surface area contributed by atoms with Crippen molar-refractivity contribution >= 4 is 37.3 Å². The summed E-state index contributed by atoms with van der Waals surface area (Å²) < 4.78 is 46.7. The lowest BCUT2D eigenvalue weighted by Gasteiger charge is -2.32. The van der Waals surface area contributed by atoms with Gasteiger partial charge in [-0.25, -0.2) is 12.8 Å². The fourth-order valence-electron chi connectivity index (χ4n) is 2.91. The molecule has 0 radical (unpaired) electrons. The van der Waals surface area contributed by atoms with Gasteiger partial charge in [0.25, 0.3) is 10.0 Å². The van der Waals surface area contributed by atoms with E-state index in [0.717, 1.165) is 3.79 Å². The molecule has 0 atom stereocenters. The number of sulfonamides is 1. The third kappa shape index (κ3) is 4.18. The first-order valence-electron chi connectivity index (χ1n) is 8.48. The highest BCUT2D eigenvalue weighted by atomic mass is 79.9. The Hall–Kier alpha value is -1.66. The second-order valence-electron chi connectivity index (χ2n) is 6.25. The van der Waals surface area contributed by atoms with Crippen molar-refractivity contribution in [1.29, 1.82) is 0 Å². The van der Waals surface area contributed by atoms with Gasteiger partial charge in [-0.15, -0.1) is 21.5 Å². The van der Waals surface area contributed by atoms with Gasteiger partial charge in [-0.1, -0.05) is 0 Å². The molecular weight excluding hydrogens is 471 g/mol. The summed E-state index contributed by atoms with van der Waals surface area (Å²) >= 11 is 4.51. The normalized spacial score (nSPS) is 16.5. The van der Waals surface area contributed by atoms with Crippen molar-refractivity contribution in [2.24, 2.45) is 0 Å². The second-order valence-corrected chi connectivity index (χ2v) is 10.9. The first-order chi connectivity index (χ1) is 13.4. The molecule has 0 spiro atoms. The highest BCUT2D eigenvalue weighted by molar-refractivity contribution is 9.11. The maximum atomic E-state index is 13.0. The van der Waals surface area contributed by atoms with E-state index in [0.29, 0.717) is 54.3 Å². The van der Waals surface area contributed by atoms with Crippen LogP contribution in [-0.4, -0.2) is 54.0 Å². The van der Waals surface area contributed by atoms with Crippen LogP contribution in [0.3, 0.4) is 0 Å². The third-order valence-electron chi connectivity index (χ3n) is 4.39. The van der Waals surface area contributed by atoms with Crippen LogP contribution in [0.2, 0.25) is 0 Å². The van der Waals surface area contributed by atoms with Gasteiger partial charge in [0.05, 0.1) is 10.3 Å². The average Bonchev–Trinajstić information content (AvgIpc) is 3.32. The molecule has 0 saturated carbocycles. The molecule has 4 rings (SSSR count). The van der Waals surface area contributed by atoms with Crippen molar-refractivity contribution in [3.63, 3.8) is 0 Å². The monoisotopic (exact) mass is 486 g/mol. The number of hydrogen-bond acceptors (Lipinski definition) is 7. The molecule has 28 heavy (non-hydrogen) atoms. The van der Waals surface area contributed by atoms with Crippen molar-refractivity contribution in [2.45, 2.75) is 10.8 Å². The predicted octanol–water partition coefficient (Wildman–Crippen LogP) is 3.21. The van der Waals surface area contributed by atoms with E-state index < -0.39 is 10.0 Å². The first-order valence-corrected chi connectivity index (χ1v) is 11.5. The standard InChI is InChI=1S/C17H16BrFN4O3S2/c18-14-5-6-16(27-14)28(24,25)23-9-7-22(8-10-23)11-15-20-21-17(26-15)12-1-3-13(19)4-2-12/h1-6H,7-11H2. The molecule has 0 amide bonds. The number of benzene rings is 1. The van der Waals surface area contributed by atoms with Gasteiger partial charge in [-0.05, 0) is 52.3 Å². The number of thiophene rings is 1. The molecule has 1 fully saturated rings. The molecule has 0 unspecified atom stereocenters. The van der Waals surface area contributed by atoms with Crippen LogP contribution in [0.15, 0.2) is 48.8 Å². The molecule has 7 nitrogen and oxygen atoms in total. The molecule has 1 aliphatic rings. The maximum absolute atomic E-state index is 13.0. The quantitative estimate of drug-likeness (QED) is 0.550. The van der Waals surface area contributed by atoms with Gasteiger partial charge in [0.1, 0.15) is 10.0 Å². The second kappa shape index (κ2) is 7.99. The van der Waals surface area contributed by atoms with Crippen molar-refractivity contribution in [1.82, 2.24) is 19.4 Å². The Morgan fingerprint density at radius 3 is 2.43 bits per heavy atom. The van der Waals surface area contributed by atoms with E-state index in [-0.39, 0.29) is 5.82 Å². The highest BCUT2D eigenvalue weighted by Crippen LogP contribution is 2.29. The number of halogens is 2. The van der Waals surface area contributed by atoms with Gasteiger partial charge in [-0.3, -0.25) is 4.90 Å². The minimum atomic E-state index is -3.46. The summed E-state index contributed by atoms with van der Waals surface area (Å²) in [5.74, 6) is 0.448. The van der Waals surface area contributed by atoms with Crippen LogP contribution in [-0.2, 0) is 16.6 Å². The minimum Gasteiger partial charge on any atom is -0.419 e. The molecular formula is C17H16BrFN4O3S2. The van der Waals surface area contributed by atoms with E-state index >= 15 is 0 Å². The van der Waals surface area contributed by atoms with E-state index in [1.54, 1.807) is 24.3 Å². The molecule has 1 aliphatic heterocycles. The number of aromatic nitrogens is 2. The summed E-state index contributed by atoms with van der Waals surface area (Å²) in [4.78, 5) is 2.07. The Morgan fingerprint density at radius 1 is 1.07 bits per heavy atom. The van der Waals surface area contributed by atoms with Crippen LogP contribution in [0.25, 0.3) is 11.5 Å². The first kappa shape index (κ1) is 19.6. The Morgan fingerprint density at radius 2 is 1.79 bits per heavy atom. The van der Waals surface area contributed by atoms with E-state index in [1.165, 1.54) is 27.8 Å². The molecule has 11 heteroatoms. The molecule has 0 bridgehead atoms. The zero-order chi connectivity index (χ0) is 19.7. The smallest absolute Gasteiger partial charge is 0.252 e. The summed E-state index contributed by atoms with van der Waals surface area (Å²) in [5.41, 5.74) is 0.651. The fourth-order valence-corrected chi connectivity index (χ4v) is 6.50. The summed E-state index contributed by atoms with van der Waals surface area (Å²) in [6.07, 6.45) is 0.